The minimum Gasteiger partial charge on any atom is -0.481 e. The first-order chi connectivity index (χ1) is 7.66. The molecule has 0 saturated carbocycles. The Bertz CT molecular complexity index is 257. The molecule has 0 aromatic heterocycles. The summed E-state index contributed by atoms with van der Waals surface area (Å²) in [5.41, 5.74) is 0. The van der Waals surface area contributed by atoms with Gasteiger partial charge in [0.05, 0.1) is 5.92 Å². The molecule has 2 aliphatic rings. The lowest BCUT2D eigenvalue weighted by Gasteiger charge is -2.35. The quantitative estimate of drug-likeness (QED) is 0.748. The van der Waals surface area contributed by atoms with Gasteiger partial charge in [0, 0.05) is 18.6 Å². The second kappa shape index (κ2) is 5.15. The molecule has 3 atom stereocenters. The van der Waals surface area contributed by atoms with Crippen LogP contribution in [0.1, 0.15) is 32.6 Å². The zero-order valence-corrected chi connectivity index (χ0v) is 9.98. The van der Waals surface area contributed by atoms with Gasteiger partial charge in [-0.15, -0.1) is 0 Å². The summed E-state index contributed by atoms with van der Waals surface area (Å²) >= 11 is 0. The van der Waals surface area contributed by atoms with Gasteiger partial charge in [-0.05, 0) is 38.8 Å². The van der Waals surface area contributed by atoms with E-state index in [0.717, 1.165) is 6.04 Å². The summed E-state index contributed by atoms with van der Waals surface area (Å²) in [7, 11) is 0. The lowest BCUT2D eigenvalue weighted by Crippen LogP contribution is -2.47. The first-order valence-electron chi connectivity index (χ1n) is 6.37. The zero-order chi connectivity index (χ0) is 11.5. The zero-order valence-electron chi connectivity index (χ0n) is 9.98. The van der Waals surface area contributed by atoms with Gasteiger partial charge >= 0.3 is 5.97 Å². The molecular formula is C12H22N2O2. The van der Waals surface area contributed by atoms with Crippen LogP contribution >= 0.6 is 0 Å². The fourth-order valence-electron chi connectivity index (χ4n) is 2.84. The molecule has 0 bridgehead atoms. The van der Waals surface area contributed by atoms with Crippen LogP contribution in [0.4, 0.5) is 0 Å². The topological polar surface area (TPSA) is 52.6 Å². The summed E-state index contributed by atoms with van der Waals surface area (Å²) in [6.45, 7) is 4.82. The highest BCUT2D eigenvalue weighted by molar-refractivity contribution is 5.69. The van der Waals surface area contributed by atoms with E-state index in [1.54, 1.807) is 6.92 Å². The van der Waals surface area contributed by atoms with Crippen LogP contribution < -0.4 is 5.32 Å². The molecule has 0 spiro atoms. The molecule has 0 aromatic carbocycles. The van der Waals surface area contributed by atoms with Gasteiger partial charge in [-0.3, -0.25) is 4.79 Å². The number of hydrogen-bond acceptors (Lipinski definition) is 3. The first-order valence-corrected chi connectivity index (χ1v) is 6.37. The largest absolute Gasteiger partial charge is 0.481 e. The Morgan fingerprint density at radius 2 is 2.31 bits per heavy atom. The predicted molar refractivity (Wildman–Crippen MR) is 62.4 cm³/mol. The van der Waals surface area contributed by atoms with E-state index in [9.17, 15) is 4.79 Å². The fraction of sp³-hybridized carbons (Fsp3) is 0.917. The standard InChI is InChI=1S/C12H22N2O2/c1-9(12(15)16)8-13-10-4-6-14-5-2-3-11(14)7-10/h9-11,13H,2-8H2,1H3,(H,15,16). The highest BCUT2D eigenvalue weighted by atomic mass is 16.4. The fourth-order valence-corrected chi connectivity index (χ4v) is 2.84. The number of hydrogen-bond donors (Lipinski definition) is 2. The van der Waals surface area contributed by atoms with Crippen LogP contribution in [0.25, 0.3) is 0 Å². The average molecular weight is 226 g/mol. The Balaban J connectivity index is 1.73. The van der Waals surface area contributed by atoms with Crippen molar-refractivity contribution in [1.82, 2.24) is 10.2 Å². The number of rotatable bonds is 4. The molecule has 2 saturated heterocycles. The number of fused-ring (bicyclic) bond motifs is 1. The summed E-state index contributed by atoms with van der Waals surface area (Å²) in [4.78, 5) is 13.3. The van der Waals surface area contributed by atoms with E-state index in [2.05, 4.69) is 10.2 Å². The number of carbonyl (C=O) groups is 1. The van der Waals surface area contributed by atoms with Gasteiger partial charge in [0.25, 0.3) is 0 Å². The smallest absolute Gasteiger partial charge is 0.307 e. The molecule has 0 amide bonds. The monoisotopic (exact) mass is 226 g/mol. The Labute approximate surface area is 97.0 Å². The number of carboxylic acids is 1. The SMILES string of the molecule is CC(CNC1CCN2CCCC2C1)C(=O)O. The van der Waals surface area contributed by atoms with Crippen LogP contribution in [0.3, 0.4) is 0 Å². The van der Waals surface area contributed by atoms with Crippen molar-refractivity contribution in [2.45, 2.75) is 44.7 Å². The van der Waals surface area contributed by atoms with Crippen LogP contribution in [0.2, 0.25) is 0 Å². The van der Waals surface area contributed by atoms with E-state index in [1.165, 1.54) is 38.8 Å². The average Bonchev–Trinajstić information content (AvgIpc) is 2.72. The number of piperidine rings is 1. The van der Waals surface area contributed by atoms with E-state index in [1.807, 2.05) is 0 Å². The van der Waals surface area contributed by atoms with Crippen molar-refractivity contribution < 1.29 is 9.90 Å². The third-order valence-electron chi connectivity index (χ3n) is 3.95. The van der Waals surface area contributed by atoms with Gasteiger partial charge < -0.3 is 15.3 Å². The van der Waals surface area contributed by atoms with Crippen molar-refractivity contribution in [2.24, 2.45) is 5.92 Å². The maximum Gasteiger partial charge on any atom is 0.307 e. The molecule has 3 unspecified atom stereocenters. The maximum absolute atomic E-state index is 10.7. The van der Waals surface area contributed by atoms with Crippen LogP contribution in [0.15, 0.2) is 0 Å². The van der Waals surface area contributed by atoms with E-state index < -0.39 is 5.97 Å². The van der Waals surface area contributed by atoms with E-state index in [-0.39, 0.29) is 5.92 Å². The first kappa shape index (κ1) is 11.9. The minimum absolute atomic E-state index is 0.276. The van der Waals surface area contributed by atoms with Gasteiger partial charge in [0.15, 0.2) is 0 Å². The summed E-state index contributed by atoms with van der Waals surface area (Å²) < 4.78 is 0. The van der Waals surface area contributed by atoms with E-state index in [4.69, 9.17) is 5.11 Å². The highest BCUT2D eigenvalue weighted by Crippen LogP contribution is 2.26. The summed E-state index contributed by atoms with van der Waals surface area (Å²) in [6.07, 6.45) is 5.03. The van der Waals surface area contributed by atoms with Crippen molar-refractivity contribution in [3.05, 3.63) is 0 Å². The van der Waals surface area contributed by atoms with Crippen molar-refractivity contribution in [3.8, 4) is 0 Å². The summed E-state index contributed by atoms with van der Waals surface area (Å²) in [5, 5.41) is 12.2. The van der Waals surface area contributed by atoms with E-state index in [0.29, 0.717) is 12.6 Å². The van der Waals surface area contributed by atoms with Crippen molar-refractivity contribution in [1.29, 1.82) is 0 Å². The number of nitrogens with one attached hydrogen (secondary N) is 1. The van der Waals surface area contributed by atoms with Gasteiger partial charge in [0.2, 0.25) is 0 Å². The molecule has 4 nitrogen and oxygen atoms in total. The van der Waals surface area contributed by atoms with Gasteiger partial charge in [-0.1, -0.05) is 6.92 Å². The van der Waals surface area contributed by atoms with Gasteiger partial charge in [0.1, 0.15) is 0 Å². The molecule has 0 aromatic rings. The van der Waals surface area contributed by atoms with Gasteiger partial charge in [-0.2, -0.15) is 0 Å². The molecule has 0 aliphatic carbocycles. The highest BCUT2D eigenvalue weighted by Gasteiger charge is 2.31. The minimum atomic E-state index is -0.703. The van der Waals surface area contributed by atoms with Crippen molar-refractivity contribution >= 4 is 5.97 Å². The summed E-state index contributed by atoms with van der Waals surface area (Å²) in [6, 6.07) is 1.28. The van der Waals surface area contributed by atoms with Crippen LogP contribution in [0, 0.1) is 5.92 Å². The third kappa shape index (κ3) is 2.74. The Morgan fingerprint density at radius 1 is 1.50 bits per heavy atom. The second-order valence-electron chi connectivity index (χ2n) is 5.20. The van der Waals surface area contributed by atoms with Crippen molar-refractivity contribution in [2.75, 3.05) is 19.6 Å². The third-order valence-corrected chi connectivity index (χ3v) is 3.95. The molecule has 16 heavy (non-hydrogen) atoms. The van der Waals surface area contributed by atoms with Crippen molar-refractivity contribution in [3.63, 3.8) is 0 Å². The normalized spacial score (nSPS) is 32.3. The van der Waals surface area contributed by atoms with E-state index >= 15 is 0 Å². The van der Waals surface area contributed by atoms with Gasteiger partial charge in [-0.25, -0.2) is 0 Å². The summed E-state index contributed by atoms with van der Waals surface area (Å²) in [5.74, 6) is -0.979. The molecular weight excluding hydrogens is 204 g/mol. The molecule has 4 heteroatoms. The molecule has 2 N–H and O–H groups in total. The predicted octanol–water partition coefficient (Wildman–Crippen LogP) is 0.923. The van der Waals surface area contributed by atoms with Crippen LogP contribution in [-0.2, 0) is 4.79 Å². The number of aliphatic carboxylic acids is 1. The molecule has 2 aliphatic heterocycles. The number of carboxylic acid groups (broad SMARTS) is 1. The molecule has 2 rings (SSSR count). The van der Waals surface area contributed by atoms with Crippen LogP contribution in [0.5, 0.6) is 0 Å². The molecule has 2 fully saturated rings. The second-order valence-corrected chi connectivity index (χ2v) is 5.20. The number of nitrogens with zero attached hydrogens (tertiary/aromatic N) is 1. The maximum atomic E-state index is 10.7. The Kier molecular flexibility index (Phi) is 3.82. The molecule has 2 heterocycles. The lowest BCUT2D eigenvalue weighted by molar-refractivity contribution is -0.141. The molecule has 0 radical (unpaired) electrons. The lowest BCUT2D eigenvalue weighted by atomic mass is 9.97. The van der Waals surface area contributed by atoms with Crippen LogP contribution in [-0.4, -0.2) is 47.7 Å². The Morgan fingerprint density at radius 3 is 3.06 bits per heavy atom. The Hall–Kier alpha value is -0.610. The molecule has 92 valence electrons.